The van der Waals surface area contributed by atoms with Gasteiger partial charge in [-0.25, -0.2) is 0 Å². The topological polar surface area (TPSA) is 234 Å². The largest absolute Gasteiger partial charge is 0.497 e. The maximum Gasteiger partial charge on any atom is 0.497 e. The zero-order valence-electron chi connectivity index (χ0n) is 39.0. The monoisotopic (exact) mass is 902 g/mol. The highest BCUT2D eigenvalue weighted by atomic mass is 16.7. The third kappa shape index (κ3) is 12.5. The summed E-state index contributed by atoms with van der Waals surface area (Å²) in [5.74, 6) is -2.03. The van der Waals surface area contributed by atoms with Crippen molar-refractivity contribution in [3.8, 4) is 11.1 Å². The van der Waals surface area contributed by atoms with E-state index in [1.807, 2.05) is 12.1 Å². The van der Waals surface area contributed by atoms with Crippen LogP contribution in [0.4, 0.5) is 0 Å². The molecule has 0 spiro atoms. The molecule has 9 atom stereocenters. The lowest BCUT2D eigenvalue weighted by atomic mass is 9.43. The number of nitrogens with two attached hydrogens (primary N) is 2. The molecule has 65 heavy (non-hydrogen) atoms. The maximum atomic E-state index is 13.9. The molecule has 2 heterocycles. The Kier molecular flexibility index (Phi) is 17.6. The van der Waals surface area contributed by atoms with Gasteiger partial charge in [0.2, 0.25) is 23.6 Å². The lowest BCUT2D eigenvalue weighted by Crippen LogP contribution is -2.65. The van der Waals surface area contributed by atoms with Crippen molar-refractivity contribution in [2.75, 3.05) is 33.0 Å². The third-order valence-corrected chi connectivity index (χ3v) is 14.1. The fourth-order valence-electron chi connectivity index (χ4n) is 9.76. The van der Waals surface area contributed by atoms with Crippen LogP contribution in [0, 0.1) is 17.3 Å². The van der Waals surface area contributed by atoms with Gasteiger partial charge in [0.25, 0.3) is 5.91 Å². The third-order valence-electron chi connectivity index (χ3n) is 14.1. The van der Waals surface area contributed by atoms with Gasteiger partial charge in [0, 0.05) is 25.4 Å². The number of nitrogens with one attached hydrogen (secondary N) is 5. The Morgan fingerprint density at radius 3 is 2.25 bits per heavy atom. The lowest BCUT2D eigenvalue weighted by molar-refractivity contribution is -0.199. The molecule has 0 radical (unpaired) electrons. The molecule has 356 valence electrons. The van der Waals surface area contributed by atoms with Crippen LogP contribution in [0.1, 0.15) is 115 Å². The number of amides is 5. The van der Waals surface area contributed by atoms with E-state index in [4.69, 9.17) is 30.2 Å². The van der Waals surface area contributed by atoms with Gasteiger partial charge in [0.15, 0.2) is 0 Å². The van der Waals surface area contributed by atoms with Crippen LogP contribution in [0.3, 0.4) is 0 Å². The van der Waals surface area contributed by atoms with Gasteiger partial charge in [-0.15, -0.1) is 0 Å². The number of carbonyl (C=O) groups excluding carboxylic acids is 5. The molecular weight excluding hydrogens is 829 g/mol. The summed E-state index contributed by atoms with van der Waals surface area (Å²) in [6, 6.07) is 10.2. The number of benzene rings is 2. The Bertz CT molecular complexity index is 1940. The van der Waals surface area contributed by atoms with Gasteiger partial charge in [-0.3, -0.25) is 24.0 Å². The smallest absolute Gasteiger partial charge is 0.403 e. The first-order chi connectivity index (χ1) is 31.1. The first kappa shape index (κ1) is 50.0. The molecule has 3 saturated carbocycles. The Hall–Kier alpha value is -4.39. The van der Waals surface area contributed by atoms with Crippen LogP contribution in [0.5, 0.6) is 0 Å². The molecule has 16 nitrogen and oxygen atoms in total. The van der Waals surface area contributed by atoms with E-state index in [0.717, 1.165) is 43.2 Å². The average Bonchev–Trinajstić information content (AvgIpc) is 3.66. The molecule has 5 fully saturated rings. The highest BCUT2D eigenvalue weighted by molar-refractivity contribution is 6.47. The molecule has 9 N–H and O–H groups in total. The van der Waals surface area contributed by atoms with Crippen molar-refractivity contribution in [2.24, 2.45) is 28.7 Å². The van der Waals surface area contributed by atoms with E-state index in [9.17, 15) is 24.0 Å². The van der Waals surface area contributed by atoms with Crippen molar-refractivity contribution in [3.05, 3.63) is 59.7 Å². The van der Waals surface area contributed by atoms with E-state index in [1.165, 1.54) is 12.5 Å². The highest BCUT2D eigenvalue weighted by Gasteiger charge is 2.68. The standard InChI is InChI=1S/C48H72BN7O9/c1-6-7-12-31-14-16-32(17-15-31)33-18-20-34(21-19-33)42(58)54-36(13-8-9-23-50)43(59)55-38-29-63-25-11-10-24-62-26-22-37(53-41(57)30(2)52-45(38)61)44(60)56-46(51)49-64-40-28-35-27-39(47(35,3)4)48(40,5)65-49/h14-21,30,35-40,46H,6-13,22-29,50-51H2,1-5H3,(H,52,61)(H,53,57)(H,54,58)(H,55,59)(H,56,60). The van der Waals surface area contributed by atoms with Crippen LogP contribution in [0.2, 0.25) is 0 Å². The molecule has 5 aliphatic rings. The zero-order chi connectivity index (χ0) is 46.7. The van der Waals surface area contributed by atoms with Crippen LogP contribution in [-0.4, -0.2) is 112 Å². The van der Waals surface area contributed by atoms with Crippen molar-refractivity contribution in [1.29, 1.82) is 0 Å². The molecular formula is C48H72BN7O9. The van der Waals surface area contributed by atoms with E-state index >= 15 is 0 Å². The summed E-state index contributed by atoms with van der Waals surface area (Å²) in [5, 5.41) is 13.8. The summed E-state index contributed by atoms with van der Waals surface area (Å²) in [7, 11) is -0.862. The normalized spacial score (nSPS) is 28.1. The quantitative estimate of drug-likeness (QED) is 0.0779. The van der Waals surface area contributed by atoms with Crippen molar-refractivity contribution >= 4 is 36.7 Å². The van der Waals surface area contributed by atoms with Crippen molar-refractivity contribution < 1.29 is 42.8 Å². The number of ether oxygens (including phenoxy) is 2. The summed E-state index contributed by atoms with van der Waals surface area (Å²) in [6.45, 7) is 11.3. The predicted octanol–water partition coefficient (Wildman–Crippen LogP) is 3.28. The second kappa shape index (κ2) is 22.9. The molecule has 5 amide bonds. The summed E-state index contributed by atoms with van der Waals surface area (Å²) >= 11 is 0. The maximum absolute atomic E-state index is 13.9. The number of unbranched alkanes of at least 4 members (excludes halogenated alkanes) is 2. The van der Waals surface area contributed by atoms with E-state index in [2.05, 4.69) is 78.5 Å². The van der Waals surface area contributed by atoms with Crippen LogP contribution in [-0.2, 0) is 44.4 Å². The van der Waals surface area contributed by atoms with Gasteiger partial charge in [0.1, 0.15) is 30.2 Å². The van der Waals surface area contributed by atoms with Crippen molar-refractivity contribution in [2.45, 2.75) is 147 Å². The van der Waals surface area contributed by atoms with E-state index in [0.29, 0.717) is 56.2 Å². The lowest BCUT2D eigenvalue weighted by Gasteiger charge is -2.64. The molecule has 2 aliphatic heterocycles. The van der Waals surface area contributed by atoms with Crippen LogP contribution in [0.25, 0.3) is 11.1 Å². The SMILES string of the molecule is CCCCc1ccc(-c2ccc(C(=O)NC(CCCCN)C(=O)NC3COCCCCOCCC(C(=O)NC(N)B4OC5CC6CC(C6(C)C)C5(C)O4)NC(=O)C(C)NC3=O)cc2)cc1. The Morgan fingerprint density at radius 1 is 0.877 bits per heavy atom. The first-order valence-corrected chi connectivity index (χ1v) is 23.8. The molecule has 2 aromatic carbocycles. The Labute approximate surface area is 384 Å². The van der Waals surface area contributed by atoms with Crippen LogP contribution in [0.15, 0.2) is 48.5 Å². The molecule has 2 aromatic rings. The van der Waals surface area contributed by atoms with Gasteiger partial charge in [0.05, 0.1) is 18.3 Å². The molecule has 2 bridgehead atoms. The average molecular weight is 902 g/mol. The zero-order valence-corrected chi connectivity index (χ0v) is 39.0. The van der Waals surface area contributed by atoms with Gasteiger partial charge >= 0.3 is 7.12 Å². The van der Waals surface area contributed by atoms with Gasteiger partial charge in [-0.1, -0.05) is 63.6 Å². The fourth-order valence-corrected chi connectivity index (χ4v) is 9.76. The second-order valence-electron chi connectivity index (χ2n) is 19.1. The number of hydrogen-bond donors (Lipinski definition) is 7. The molecule has 7 rings (SSSR count). The molecule has 9 unspecified atom stereocenters. The van der Waals surface area contributed by atoms with Gasteiger partial charge < -0.3 is 56.8 Å². The molecule has 2 saturated heterocycles. The van der Waals surface area contributed by atoms with E-state index in [1.54, 1.807) is 12.1 Å². The molecule has 17 heteroatoms. The Balaban J connectivity index is 1.07. The minimum atomic E-state index is -1.21. The van der Waals surface area contributed by atoms with Crippen molar-refractivity contribution in [3.63, 3.8) is 0 Å². The predicted molar refractivity (Wildman–Crippen MR) is 248 cm³/mol. The van der Waals surface area contributed by atoms with Crippen LogP contribution >= 0.6 is 0 Å². The molecule has 0 aromatic heterocycles. The van der Waals surface area contributed by atoms with Crippen LogP contribution < -0.4 is 38.1 Å². The number of aryl methyl sites for hydroxylation is 1. The fraction of sp³-hybridized carbons (Fsp3) is 0.646. The minimum absolute atomic E-state index is 0.125. The minimum Gasteiger partial charge on any atom is -0.403 e. The van der Waals surface area contributed by atoms with Crippen molar-refractivity contribution in [1.82, 2.24) is 26.6 Å². The highest BCUT2D eigenvalue weighted by Crippen LogP contribution is 2.65. The summed E-state index contributed by atoms with van der Waals surface area (Å²) in [6.07, 6.45) is 7.94. The first-order valence-electron chi connectivity index (χ1n) is 23.8. The second-order valence-corrected chi connectivity index (χ2v) is 19.1. The molecule has 3 aliphatic carbocycles. The summed E-state index contributed by atoms with van der Waals surface area (Å²) in [5.41, 5.74) is 15.5. The van der Waals surface area contributed by atoms with Gasteiger partial charge in [-0.2, -0.15) is 0 Å². The number of carbonyl (C=O) groups is 5. The van der Waals surface area contributed by atoms with E-state index in [-0.39, 0.29) is 44.2 Å². The van der Waals surface area contributed by atoms with Gasteiger partial charge in [-0.05, 0) is 131 Å². The van der Waals surface area contributed by atoms with E-state index < -0.39 is 72.5 Å². The Morgan fingerprint density at radius 2 is 1.57 bits per heavy atom. The summed E-state index contributed by atoms with van der Waals surface area (Å²) < 4.78 is 24.4. The summed E-state index contributed by atoms with van der Waals surface area (Å²) in [4.78, 5) is 68.7. The number of rotatable bonds is 15. The number of hydrogen-bond acceptors (Lipinski definition) is 11.